The maximum Gasteiger partial charge on any atom is 0.422 e. The van der Waals surface area contributed by atoms with Crippen LogP contribution in [-0.4, -0.2) is 36.9 Å². The second-order valence-corrected chi connectivity index (χ2v) is 4.25. The first-order valence-corrected chi connectivity index (χ1v) is 5.60. The Labute approximate surface area is 103 Å². The Morgan fingerprint density at radius 1 is 1.50 bits per heavy atom. The zero-order chi connectivity index (χ0) is 13.2. The summed E-state index contributed by atoms with van der Waals surface area (Å²) >= 11 is 0. The highest BCUT2D eigenvalue weighted by Crippen LogP contribution is 2.23. The van der Waals surface area contributed by atoms with E-state index in [1.807, 2.05) is 4.90 Å². The molecule has 2 N–H and O–H groups in total. The highest BCUT2D eigenvalue weighted by Gasteiger charge is 2.28. The molecule has 0 bridgehead atoms. The molecule has 1 aromatic rings. The largest absolute Gasteiger partial charge is 0.468 e. The number of nitrogens with zero attached hydrogens (tertiary/aromatic N) is 2. The number of ether oxygens (including phenoxy) is 1. The van der Waals surface area contributed by atoms with Gasteiger partial charge in [-0.1, -0.05) is 0 Å². The van der Waals surface area contributed by atoms with Crippen LogP contribution in [0.5, 0.6) is 5.88 Å². The average molecular weight is 261 g/mol. The van der Waals surface area contributed by atoms with E-state index in [9.17, 15) is 13.2 Å². The van der Waals surface area contributed by atoms with Crippen LogP contribution in [0, 0.1) is 0 Å². The molecule has 0 unspecified atom stereocenters. The smallest absolute Gasteiger partial charge is 0.422 e. The molecule has 0 saturated carbocycles. The lowest BCUT2D eigenvalue weighted by Crippen LogP contribution is -2.26. The van der Waals surface area contributed by atoms with Gasteiger partial charge in [-0.3, -0.25) is 0 Å². The van der Waals surface area contributed by atoms with E-state index in [1.165, 1.54) is 12.3 Å². The molecule has 0 amide bonds. The Bertz CT molecular complexity index is 411. The summed E-state index contributed by atoms with van der Waals surface area (Å²) in [5, 5.41) is 0. The summed E-state index contributed by atoms with van der Waals surface area (Å²) in [4.78, 5) is 5.76. The molecular weight excluding hydrogens is 247 g/mol. The highest BCUT2D eigenvalue weighted by atomic mass is 19.4. The van der Waals surface area contributed by atoms with E-state index in [2.05, 4.69) is 9.72 Å². The summed E-state index contributed by atoms with van der Waals surface area (Å²) in [7, 11) is 0. The third kappa shape index (κ3) is 3.49. The minimum absolute atomic E-state index is 0.0229. The van der Waals surface area contributed by atoms with Crippen LogP contribution in [0.2, 0.25) is 0 Å². The van der Waals surface area contributed by atoms with E-state index < -0.39 is 12.8 Å². The van der Waals surface area contributed by atoms with Gasteiger partial charge in [0.15, 0.2) is 6.61 Å². The van der Waals surface area contributed by atoms with Crippen LogP contribution in [0.3, 0.4) is 0 Å². The van der Waals surface area contributed by atoms with E-state index in [-0.39, 0.29) is 11.9 Å². The van der Waals surface area contributed by atoms with Crippen molar-refractivity contribution in [1.29, 1.82) is 0 Å². The van der Waals surface area contributed by atoms with Crippen molar-refractivity contribution in [3.05, 3.63) is 18.3 Å². The van der Waals surface area contributed by atoms with Gasteiger partial charge in [0.1, 0.15) is 0 Å². The number of anilines is 1. The van der Waals surface area contributed by atoms with E-state index in [0.29, 0.717) is 6.54 Å². The van der Waals surface area contributed by atoms with Gasteiger partial charge in [0, 0.05) is 37.1 Å². The minimum atomic E-state index is -4.35. The van der Waals surface area contributed by atoms with Crippen molar-refractivity contribution in [3.8, 4) is 5.88 Å². The van der Waals surface area contributed by atoms with Gasteiger partial charge in [-0.15, -0.1) is 0 Å². The molecule has 4 nitrogen and oxygen atoms in total. The molecule has 0 spiro atoms. The minimum Gasteiger partial charge on any atom is -0.468 e. The summed E-state index contributed by atoms with van der Waals surface area (Å²) in [6, 6.07) is 3.35. The van der Waals surface area contributed by atoms with Gasteiger partial charge in [-0.2, -0.15) is 13.2 Å². The van der Waals surface area contributed by atoms with Crippen LogP contribution in [0.15, 0.2) is 18.3 Å². The average Bonchev–Trinajstić information content (AvgIpc) is 2.73. The molecule has 1 aromatic heterocycles. The molecule has 100 valence electrons. The Balaban J connectivity index is 2.01. The van der Waals surface area contributed by atoms with Gasteiger partial charge >= 0.3 is 6.18 Å². The van der Waals surface area contributed by atoms with Crippen LogP contribution in [-0.2, 0) is 0 Å². The van der Waals surface area contributed by atoms with Crippen molar-refractivity contribution in [3.63, 3.8) is 0 Å². The summed E-state index contributed by atoms with van der Waals surface area (Å²) in [6.07, 6.45) is -2.04. The van der Waals surface area contributed by atoms with Crippen LogP contribution >= 0.6 is 0 Å². The maximum absolute atomic E-state index is 12.0. The van der Waals surface area contributed by atoms with E-state index in [1.54, 1.807) is 6.07 Å². The van der Waals surface area contributed by atoms with Crippen LogP contribution < -0.4 is 15.4 Å². The third-order valence-corrected chi connectivity index (χ3v) is 2.69. The second kappa shape index (κ2) is 5.01. The van der Waals surface area contributed by atoms with Crippen molar-refractivity contribution in [2.24, 2.45) is 5.73 Å². The van der Waals surface area contributed by atoms with Crippen LogP contribution in [0.25, 0.3) is 0 Å². The number of halogens is 3. The van der Waals surface area contributed by atoms with Crippen molar-refractivity contribution >= 4 is 5.69 Å². The number of hydrogen-bond acceptors (Lipinski definition) is 4. The SMILES string of the molecule is N[C@@H]1CCN(c2ccnc(OCC(F)(F)F)c2)C1. The molecule has 2 heterocycles. The maximum atomic E-state index is 12.0. The topological polar surface area (TPSA) is 51.4 Å². The van der Waals surface area contributed by atoms with Gasteiger partial charge < -0.3 is 15.4 Å². The van der Waals surface area contributed by atoms with Crippen LogP contribution in [0.1, 0.15) is 6.42 Å². The summed E-state index contributed by atoms with van der Waals surface area (Å²) in [6.45, 7) is 0.162. The molecule has 0 aromatic carbocycles. The zero-order valence-corrected chi connectivity index (χ0v) is 9.65. The fraction of sp³-hybridized carbons (Fsp3) is 0.545. The molecule has 1 aliphatic heterocycles. The van der Waals surface area contributed by atoms with Crippen molar-refractivity contribution in [2.75, 3.05) is 24.6 Å². The first-order chi connectivity index (χ1) is 8.44. The standard InChI is InChI=1S/C11H14F3N3O/c12-11(13,14)7-18-10-5-9(1-3-16-10)17-4-2-8(15)6-17/h1,3,5,8H,2,4,6-7,15H2/t8-/m1/s1. The summed E-state index contributed by atoms with van der Waals surface area (Å²) in [5.74, 6) is -0.0229. The van der Waals surface area contributed by atoms with Crippen molar-refractivity contribution in [2.45, 2.75) is 18.6 Å². The number of aromatic nitrogens is 1. The Morgan fingerprint density at radius 3 is 2.89 bits per heavy atom. The lowest BCUT2D eigenvalue weighted by Gasteiger charge is -2.18. The molecule has 0 aliphatic carbocycles. The van der Waals surface area contributed by atoms with E-state index in [0.717, 1.165) is 18.7 Å². The number of nitrogens with two attached hydrogens (primary N) is 1. The molecule has 1 atom stereocenters. The molecule has 0 radical (unpaired) electrons. The number of rotatable bonds is 3. The molecule has 1 aliphatic rings. The van der Waals surface area contributed by atoms with E-state index >= 15 is 0 Å². The van der Waals surface area contributed by atoms with Crippen molar-refractivity contribution < 1.29 is 17.9 Å². The van der Waals surface area contributed by atoms with Gasteiger partial charge in [0.05, 0.1) is 0 Å². The summed E-state index contributed by atoms with van der Waals surface area (Å²) in [5.41, 5.74) is 6.57. The number of hydrogen-bond donors (Lipinski definition) is 1. The predicted octanol–water partition coefficient (Wildman–Crippen LogP) is 1.56. The number of pyridine rings is 1. The Morgan fingerprint density at radius 2 is 2.28 bits per heavy atom. The monoisotopic (exact) mass is 261 g/mol. The zero-order valence-electron chi connectivity index (χ0n) is 9.65. The predicted molar refractivity (Wildman–Crippen MR) is 60.6 cm³/mol. The van der Waals surface area contributed by atoms with Gasteiger partial charge in [0.2, 0.25) is 5.88 Å². The second-order valence-electron chi connectivity index (χ2n) is 4.25. The normalized spacial score (nSPS) is 20.2. The Kier molecular flexibility index (Phi) is 3.60. The first kappa shape index (κ1) is 12.9. The van der Waals surface area contributed by atoms with Crippen molar-refractivity contribution in [1.82, 2.24) is 4.98 Å². The first-order valence-electron chi connectivity index (χ1n) is 5.60. The molecule has 1 saturated heterocycles. The lowest BCUT2D eigenvalue weighted by atomic mass is 10.3. The molecule has 2 rings (SSSR count). The highest BCUT2D eigenvalue weighted by molar-refractivity contribution is 5.49. The fourth-order valence-electron chi connectivity index (χ4n) is 1.85. The van der Waals surface area contributed by atoms with Gasteiger partial charge in [0.25, 0.3) is 0 Å². The fourth-order valence-corrected chi connectivity index (χ4v) is 1.85. The molecule has 1 fully saturated rings. The number of alkyl halides is 3. The quantitative estimate of drug-likeness (QED) is 0.897. The Hall–Kier alpha value is -1.50. The third-order valence-electron chi connectivity index (χ3n) is 2.69. The molecular formula is C11H14F3N3O. The van der Waals surface area contributed by atoms with Crippen LogP contribution in [0.4, 0.5) is 18.9 Å². The van der Waals surface area contributed by atoms with Gasteiger partial charge in [-0.05, 0) is 12.5 Å². The van der Waals surface area contributed by atoms with Gasteiger partial charge in [-0.25, -0.2) is 4.98 Å². The van der Waals surface area contributed by atoms with E-state index in [4.69, 9.17) is 5.73 Å². The summed E-state index contributed by atoms with van der Waals surface area (Å²) < 4.78 is 40.6. The molecule has 18 heavy (non-hydrogen) atoms. The molecule has 7 heteroatoms. The lowest BCUT2D eigenvalue weighted by molar-refractivity contribution is -0.154.